The molecule has 0 amide bonds. The first kappa shape index (κ1) is 15.7. The number of ether oxygens (including phenoxy) is 1. The quantitative estimate of drug-likeness (QED) is 0.786. The molecule has 0 bridgehead atoms. The molecule has 1 saturated heterocycles. The molecule has 2 rings (SSSR count). The van der Waals surface area contributed by atoms with Gasteiger partial charge in [0.1, 0.15) is 0 Å². The van der Waals surface area contributed by atoms with Gasteiger partial charge in [0.2, 0.25) is 0 Å². The highest BCUT2D eigenvalue weighted by Gasteiger charge is 2.31. The number of morpholine rings is 1. The summed E-state index contributed by atoms with van der Waals surface area (Å²) in [4.78, 5) is 14.6. The summed E-state index contributed by atoms with van der Waals surface area (Å²) in [7, 11) is 0. The van der Waals surface area contributed by atoms with E-state index < -0.39 is 0 Å². The lowest BCUT2D eigenvalue weighted by Crippen LogP contribution is -2.52. The second-order valence-electron chi connectivity index (χ2n) is 6.08. The average molecular weight is 340 g/mol. The van der Waals surface area contributed by atoms with Crippen LogP contribution in [-0.4, -0.2) is 42.0 Å². The van der Waals surface area contributed by atoms with Gasteiger partial charge in [0.25, 0.3) is 0 Å². The molecular formula is C16H22BrNO2. The maximum absolute atomic E-state index is 12.3. The van der Waals surface area contributed by atoms with Crippen molar-refractivity contribution in [1.82, 2.24) is 4.90 Å². The van der Waals surface area contributed by atoms with Crippen molar-refractivity contribution in [3.63, 3.8) is 0 Å². The van der Waals surface area contributed by atoms with Gasteiger partial charge in [-0.25, -0.2) is 0 Å². The van der Waals surface area contributed by atoms with Crippen molar-refractivity contribution < 1.29 is 9.53 Å². The normalized spacial score (nSPS) is 22.7. The minimum atomic E-state index is -0.131. The van der Waals surface area contributed by atoms with E-state index in [1.54, 1.807) is 0 Å². The fraction of sp³-hybridized carbons (Fsp3) is 0.562. The Morgan fingerprint density at radius 3 is 2.80 bits per heavy atom. The lowest BCUT2D eigenvalue weighted by molar-refractivity contribution is -0.128. The van der Waals surface area contributed by atoms with E-state index in [1.807, 2.05) is 24.3 Å². The lowest BCUT2D eigenvalue weighted by Gasteiger charge is -2.41. The smallest absolute Gasteiger partial charge is 0.165 e. The molecule has 1 aliphatic heterocycles. The fourth-order valence-electron chi connectivity index (χ4n) is 2.84. The SMILES string of the molecule is CC1CN(CCC(=O)c2ccccc2Br)CC(C)(C)O1. The maximum atomic E-state index is 12.3. The summed E-state index contributed by atoms with van der Waals surface area (Å²) >= 11 is 3.44. The topological polar surface area (TPSA) is 29.5 Å². The molecule has 0 aromatic heterocycles. The van der Waals surface area contributed by atoms with Gasteiger partial charge in [-0.15, -0.1) is 0 Å². The van der Waals surface area contributed by atoms with E-state index in [4.69, 9.17) is 4.74 Å². The van der Waals surface area contributed by atoms with Crippen LogP contribution < -0.4 is 0 Å². The second kappa shape index (κ2) is 6.37. The zero-order valence-corrected chi connectivity index (χ0v) is 13.9. The molecule has 20 heavy (non-hydrogen) atoms. The van der Waals surface area contributed by atoms with Gasteiger partial charge in [0, 0.05) is 36.1 Å². The predicted octanol–water partition coefficient (Wildman–Crippen LogP) is 3.52. The number of nitrogens with zero attached hydrogens (tertiary/aromatic N) is 1. The maximum Gasteiger partial charge on any atom is 0.165 e. The van der Waals surface area contributed by atoms with Crippen LogP contribution in [0.2, 0.25) is 0 Å². The highest BCUT2D eigenvalue weighted by molar-refractivity contribution is 9.10. The Labute approximate surface area is 129 Å². The number of benzene rings is 1. The molecule has 4 heteroatoms. The van der Waals surface area contributed by atoms with Crippen molar-refractivity contribution in [3.05, 3.63) is 34.3 Å². The molecule has 1 heterocycles. The summed E-state index contributed by atoms with van der Waals surface area (Å²) in [6, 6.07) is 7.61. The number of ketones is 1. The molecule has 0 aliphatic carbocycles. The molecule has 0 spiro atoms. The van der Waals surface area contributed by atoms with Crippen molar-refractivity contribution in [2.75, 3.05) is 19.6 Å². The zero-order valence-electron chi connectivity index (χ0n) is 12.4. The van der Waals surface area contributed by atoms with Crippen LogP contribution in [-0.2, 0) is 4.74 Å². The number of Topliss-reactive ketones (excluding diaryl/α,β-unsaturated/α-hetero) is 1. The van der Waals surface area contributed by atoms with E-state index in [9.17, 15) is 4.79 Å². The summed E-state index contributed by atoms with van der Waals surface area (Å²) in [5.41, 5.74) is 0.640. The molecule has 1 fully saturated rings. The highest BCUT2D eigenvalue weighted by atomic mass is 79.9. The van der Waals surface area contributed by atoms with Crippen molar-refractivity contribution in [3.8, 4) is 0 Å². The number of carbonyl (C=O) groups is 1. The van der Waals surface area contributed by atoms with Crippen LogP contribution in [0.25, 0.3) is 0 Å². The van der Waals surface area contributed by atoms with Crippen LogP contribution in [0.3, 0.4) is 0 Å². The van der Waals surface area contributed by atoms with E-state index in [2.05, 4.69) is 41.6 Å². The molecule has 0 N–H and O–H groups in total. The first-order valence-corrected chi connectivity index (χ1v) is 7.84. The van der Waals surface area contributed by atoms with Crippen LogP contribution in [0, 0.1) is 0 Å². The van der Waals surface area contributed by atoms with Crippen LogP contribution in [0.5, 0.6) is 0 Å². The number of hydrogen-bond acceptors (Lipinski definition) is 3. The van der Waals surface area contributed by atoms with E-state index >= 15 is 0 Å². The number of hydrogen-bond donors (Lipinski definition) is 0. The third kappa shape index (κ3) is 4.14. The summed E-state index contributed by atoms with van der Waals surface area (Å²) in [5, 5.41) is 0. The van der Waals surface area contributed by atoms with E-state index in [1.165, 1.54) is 0 Å². The second-order valence-corrected chi connectivity index (χ2v) is 6.93. The summed E-state index contributed by atoms with van der Waals surface area (Å²) in [5.74, 6) is 0.189. The Bertz CT molecular complexity index is 487. The van der Waals surface area contributed by atoms with Crippen LogP contribution in [0.1, 0.15) is 37.6 Å². The largest absolute Gasteiger partial charge is 0.370 e. The molecule has 0 saturated carbocycles. The standard InChI is InChI=1S/C16H22BrNO2/c1-12-10-18(11-16(2,3)20-12)9-8-15(19)13-6-4-5-7-14(13)17/h4-7,12H,8-11H2,1-3H3. The van der Waals surface area contributed by atoms with Crippen molar-refractivity contribution >= 4 is 21.7 Å². The van der Waals surface area contributed by atoms with Crippen LogP contribution in [0.4, 0.5) is 0 Å². The number of halogens is 1. The lowest BCUT2D eigenvalue weighted by atomic mass is 10.0. The van der Waals surface area contributed by atoms with Crippen molar-refractivity contribution in [2.45, 2.75) is 38.9 Å². The molecule has 1 unspecified atom stereocenters. The van der Waals surface area contributed by atoms with E-state index in [-0.39, 0.29) is 17.5 Å². The molecule has 0 radical (unpaired) electrons. The molecular weight excluding hydrogens is 318 g/mol. The predicted molar refractivity (Wildman–Crippen MR) is 84.2 cm³/mol. The molecule has 1 atom stereocenters. The first-order valence-electron chi connectivity index (χ1n) is 7.05. The fourth-order valence-corrected chi connectivity index (χ4v) is 3.34. The Hall–Kier alpha value is -0.710. The van der Waals surface area contributed by atoms with Crippen LogP contribution in [0.15, 0.2) is 28.7 Å². The van der Waals surface area contributed by atoms with Gasteiger partial charge >= 0.3 is 0 Å². The highest BCUT2D eigenvalue weighted by Crippen LogP contribution is 2.22. The van der Waals surface area contributed by atoms with Gasteiger partial charge in [-0.2, -0.15) is 0 Å². The molecule has 110 valence electrons. The van der Waals surface area contributed by atoms with Gasteiger partial charge in [-0.3, -0.25) is 9.69 Å². The molecule has 3 nitrogen and oxygen atoms in total. The molecule has 1 aromatic carbocycles. The van der Waals surface area contributed by atoms with E-state index in [0.717, 1.165) is 29.7 Å². The van der Waals surface area contributed by atoms with Gasteiger partial charge < -0.3 is 4.74 Å². The Balaban J connectivity index is 1.92. The summed E-state index contributed by atoms with van der Waals surface area (Å²) in [6.07, 6.45) is 0.767. The minimum Gasteiger partial charge on any atom is -0.370 e. The number of carbonyl (C=O) groups excluding carboxylic acids is 1. The first-order chi connectivity index (χ1) is 9.37. The van der Waals surface area contributed by atoms with Gasteiger partial charge in [-0.05, 0) is 26.8 Å². The monoisotopic (exact) mass is 339 g/mol. The third-order valence-electron chi connectivity index (χ3n) is 3.47. The van der Waals surface area contributed by atoms with E-state index in [0.29, 0.717) is 6.42 Å². The summed E-state index contributed by atoms with van der Waals surface area (Å²) in [6.45, 7) is 8.85. The summed E-state index contributed by atoms with van der Waals surface area (Å²) < 4.78 is 6.76. The molecule has 1 aromatic rings. The minimum absolute atomic E-state index is 0.131. The third-order valence-corrected chi connectivity index (χ3v) is 4.16. The van der Waals surface area contributed by atoms with Gasteiger partial charge in [0.15, 0.2) is 5.78 Å². The van der Waals surface area contributed by atoms with Crippen molar-refractivity contribution in [2.24, 2.45) is 0 Å². The Morgan fingerprint density at radius 1 is 1.45 bits per heavy atom. The van der Waals surface area contributed by atoms with Crippen LogP contribution >= 0.6 is 15.9 Å². The molecule has 1 aliphatic rings. The number of rotatable bonds is 4. The van der Waals surface area contributed by atoms with Gasteiger partial charge in [0.05, 0.1) is 11.7 Å². The average Bonchev–Trinajstić information content (AvgIpc) is 2.34. The van der Waals surface area contributed by atoms with Crippen molar-refractivity contribution in [1.29, 1.82) is 0 Å². The zero-order chi connectivity index (χ0) is 14.8. The van der Waals surface area contributed by atoms with Gasteiger partial charge in [-0.1, -0.05) is 34.1 Å². The Morgan fingerprint density at radius 2 is 2.15 bits per heavy atom. The Kier molecular flexibility index (Phi) is 4.99.